The number of Topliss-reactive ketones (excluding diaryl/α,β-unsaturated/α-hetero) is 1. The van der Waals surface area contributed by atoms with Gasteiger partial charge in [0, 0.05) is 17.8 Å². The molecular weight excluding hydrogens is 156 g/mol. The molecule has 0 aromatic carbocycles. The Bertz CT molecular complexity index is 266. The smallest absolute Gasteiger partial charge is 0.196 e. The van der Waals surface area contributed by atoms with E-state index in [9.17, 15) is 9.90 Å². The van der Waals surface area contributed by atoms with E-state index in [1.54, 1.807) is 13.8 Å². The molecule has 0 spiro atoms. The molecule has 12 heavy (non-hydrogen) atoms. The summed E-state index contributed by atoms with van der Waals surface area (Å²) in [4.78, 5) is 15.2. The standard InChI is InChI=1S/C8H12N2O2/c1-4(9)6-3-10-5(2)7(11)8(6)12/h3-4,7,11H,9H2,1-2H3. The Labute approximate surface area is 70.8 Å². The number of nitrogens with zero attached hydrogens (tertiary/aromatic N) is 1. The highest BCUT2D eigenvalue weighted by Crippen LogP contribution is 2.11. The first-order chi connectivity index (χ1) is 5.54. The molecule has 1 heterocycles. The molecule has 0 aliphatic carbocycles. The summed E-state index contributed by atoms with van der Waals surface area (Å²) in [6.45, 7) is 3.30. The summed E-state index contributed by atoms with van der Waals surface area (Å²) >= 11 is 0. The molecule has 3 N–H and O–H groups in total. The minimum Gasteiger partial charge on any atom is -0.379 e. The van der Waals surface area contributed by atoms with Crippen molar-refractivity contribution in [1.29, 1.82) is 0 Å². The molecule has 0 fully saturated rings. The summed E-state index contributed by atoms with van der Waals surface area (Å²) in [5.41, 5.74) is 6.30. The van der Waals surface area contributed by atoms with Gasteiger partial charge < -0.3 is 10.8 Å². The van der Waals surface area contributed by atoms with Crippen molar-refractivity contribution in [3.05, 3.63) is 11.8 Å². The monoisotopic (exact) mass is 168 g/mol. The molecule has 0 amide bonds. The Morgan fingerprint density at radius 3 is 2.83 bits per heavy atom. The van der Waals surface area contributed by atoms with Crippen LogP contribution in [0.2, 0.25) is 0 Å². The van der Waals surface area contributed by atoms with Crippen molar-refractivity contribution in [2.24, 2.45) is 10.7 Å². The predicted molar refractivity (Wildman–Crippen MR) is 45.9 cm³/mol. The second-order valence-corrected chi connectivity index (χ2v) is 2.91. The summed E-state index contributed by atoms with van der Waals surface area (Å²) in [7, 11) is 0. The second kappa shape index (κ2) is 3.16. The normalized spacial score (nSPS) is 26.3. The number of hydrogen-bond donors (Lipinski definition) is 2. The van der Waals surface area contributed by atoms with Crippen LogP contribution in [0.5, 0.6) is 0 Å². The zero-order valence-corrected chi connectivity index (χ0v) is 7.11. The van der Waals surface area contributed by atoms with Crippen molar-refractivity contribution in [2.45, 2.75) is 26.0 Å². The van der Waals surface area contributed by atoms with Crippen molar-refractivity contribution < 1.29 is 9.90 Å². The van der Waals surface area contributed by atoms with Crippen LogP contribution in [0.15, 0.2) is 16.8 Å². The minimum atomic E-state index is -1.10. The molecule has 2 atom stereocenters. The summed E-state index contributed by atoms with van der Waals surface area (Å²) in [6.07, 6.45) is 0.325. The van der Waals surface area contributed by atoms with Gasteiger partial charge in [0.15, 0.2) is 11.9 Å². The van der Waals surface area contributed by atoms with E-state index < -0.39 is 6.10 Å². The van der Waals surface area contributed by atoms with Gasteiger partial charge in [-0.15, -0.1) is 0 Å². The number of carbonyl (C=O) groups is 1. The molecule has 1 aliphatic heterocycles. The third-order valence-corrected chi connectivity index (χ3v) is 1.83. The van der Waals surface area contributed by atoms with E-state index in [1.165, 1.54) is 6.20 Å². The summed E-state index contributed by atoms with van der Waals surface area (Å²) in [6, 6.07) is -0.371. The van der Waals surface area contributed by atoms with Crippen LogP contribution in [-0.2, 0) is 4.79 Å². The molecule has 0 saturated carbocycles. The first kappa shape index (κ1) is 9.09. The number of hydrogen-bond acceptors (Lipinski definition) is 4. The van der Waals surface area contributed by atoms with Crippen LogP contribution >= 0.6 is 0 Å². The Hall–Kier alpha value is -1.00. The van der Waals surface area contributed by atoms with Gasteiger partial charge >= 0.3 is 0 Å². The van der Waals surface area contributed by atoms with Crippen LogP contribution < -0.4 is 5.73 Å². The van der Waals surface area contributed by atoms with Crippen LogP contribution in [0.4, 0.5) is 0 Å². The Morgan fingerprint density at radius 2 is 2.33 bits per heavy atom. The molecule has 1 rings (SSSR count). The fourth-order valence-electron chi connectivity index (χ4n) is 0.995. The highest BCUT2D eigenvalue weighted by molar-refractivity contribution is 6.16. The zero-order chi connectivity index (χ0) is 9.30. The number of aliphatic hydroxyl groups excluding tert-OH is 1. The maximum absolute atomic E-state index is 11.3. The Balaban J connectivity index is 2.98. The largest absolute Gasteiger partial charge is 0.379 e. The summed E-state index contributed by atoms with van der Waals surface area (Å²) in [5, 5.41) is 9.29. The van der Waals surface area contributed by atoms with Crippen LogP contribution in [0, 0.1) is 0 Å². The first-order valence-corrected chi connectivity index (χ1v) is 3.76. The van der Waals surface area contributed by atoms with E-state index in [0.717, 1.165) is 0 Å². The number of nitrogens with two attached hydrogens (primary N) is 1. The average molecular weight is 168 g/mol. The Morgan fingerprint density at radius 1 is 1.75 bits per heavy atom. The number of ketones is 1. The fourth-order valence-corrected chi connectivity index (χ4v) is 0.995. The minimum absolute atomic E-state index is 0.336. The molecule has 0 saturated heterocycles. The molecule has 4 heteroatoms. The number of carbonyl (C=O) groups excluding carboxylic acids is 1. The lowest BCUT2D eigenvalue weighted by molar-refractivity contribution is -0.120. The van der Waals surface area contributed by atoms with E-state index in [-0.39, 0.29) is 11.8 Å². The quantitative estimate of drug-likeness (QED) is 0.560. The SMILES string of the molecule is CC1=NC=C(C(C)N)C(=O)C1O. The molecule has 0 aromatic heterocycles. The average Bonchev–Trinajstić information content (AvgIpc) is 2.00. The lowest BCUT2D eigenvalue weighted by atomic mass is 9.97. The maximum Gasteiger partial charge on any atom is 0.196 e. The van der Waals surface area contributed by atoms with Crippen LogP contribution in [0.3, 0.4) is 0 Å². The molecule has 1 aliphatic rings. The van der Waals surface area contributed by atoms with Gasteiger partial charge in [-0.25, -0.2) is 0 Å². The van der Waals surface area contributed by atoms with Gasteiger partial charge in [0.1, 0.15) is 0 Å². The van der Waals surface area contributed by atoms with E-state index in [2.05, 4.69) is 4.99 Å². The van der Waals surface area contributed by atoms with Gasteiger partial charge in [-0.1, -0.05) is 0 Å². The third-order valence-electron chi connectivity index (χ3n) is 1.83. The molecule has 0 radical (unpaired) electrons. The third kappa shape index (κ3) is 1.44. The zero-order valence-electron chi connectivity index (χ0n) is 7.11. The molecule has 4 nitrogen and oxygen atoms in total. The Kier molecular flexibility index (Phi) is 2.40. The van der Waals surface area contributed by atoms with E-state index in [4.69, 9.17) is 5.73 Å². The summed E-state index contributed by atoms with van der Waals surface area (Å²) < 4.78 is 0. The maximum atomic E-state index is 11.3. The molecule has 2 unspecified atom stereocenters. The van der Waals surface area contributed by atoms with Crippen LogP contribution in [-0.4, -0.2) is 28.7 Å². The highest BCUT2D eigenvalue weighted by Gasteiger charge is 2.26. The van der Waals surface area contributed by atoms with Crippen LogP contribution in [0.1, 0.15) is 13.8 Å². The van der Waals surface area contributed by atoms with Crippen LogP contribution in [0.25, 0.3) is 0 Å². The molecule has 66 valence electrons. The van der Waals surface area contributed by atoms with Gasteiger partial charge in [-0.05, 0) is 13.8 Å². The van der Waals surface area contributed by atoms with E-state index in [1.807, 2.05) is 0 Å². The molecular formula is C8H12N2O2. The van der Waals surface area contributed by atoms with Gasteiger partial charge in [0.2, 0.25) is 0 Å². The number of aliphatic hydroxyl groups is 1. The summed E-state index contributed by atoms with van der Waals surface area (Å²) in [5.74, 6) is -0.336. The lowest BCUT2D eigenvalue weighted by Crippen LogP contribution is -2.37. The number of rotatable bonds is 1. The van der Waals surface area contributed by atoms with Gasteiger partial charge in [-0.3, -0.25) is 9.79 Å². The highest BCUT2D eigenvalue weighted by atomic mass is 16.3. The molecule has 0 aromatic rings. The van der Waals surface area contributed by atoms with Crippen molar-refractivity contribution in [3.63, 3.8) is 0 Å². The van der Waals surface area contributed by atoms with Gasteiger partial charge in [-0.2, -0.15) is 0 Å². The van der Waals surface area contributed by atoms with E-state index >= 15 is 0 Å². The first-order valence-electron chi connectivity index (χ1n) is 3.76. The number of aliphatic imine (C=N–C) groups is 1. The van der Waals surface area contributed by atoms with E-state index in [0.29, 0.717) is 11.3 Å². The molecule has 0 bridgehead atoms. The van der Waals surface area contributed by atoms with Crippen molar-refractivity contribution >= 4 is 11.5 Å². The fraction of sp³-hybridized carbons (Fsp3) is 0.500. The van der Waals surface area contributed by atoms with Crippen molar-refractivity contribution in [2.75, 3.05) is 0 Å². The lowest BCUT2D eigenvalue weighted by Gasteiger charge is -2.17. The van der Waals surface area contributed by atoms with Gasteiger partial charge in [0.05, 0.1) is 5.71 Å². The van der Waals surface area contributed by atoms with Crippen molar-refractivity contribution in [1.82, 2.24) is 0 Å². The second-order valence-electron chi connectivity index (χ2n) is 2.91. The van der Waals surface area contributed by atoms with Gasteiger partial charge in [0.25, 0.3) is 0 Å². The topological polar surface area (TPSA) is 75.7 Å². The van der Waals surface area contributed by atoms with Crippen molar-refractivity contribution in [3.8, 4) is 0 Å². The predicted octanol–water partition coefficient (Wildman–Crippen LogP) is -0.378.